The molecule has 2 aromatic rings. The maximum absolute atomic E-state index is 4.31. The summed E-state index contributed by atoms with van der Waals surface area (Å²) in [6, 6.07) is 6.40. The molecule has 3 nitrogen and oxygen atoms in total. The fourth-order valence-corrected chi connectivity index (χ4v) is 1.77. The Hall–Kier alpha value is -1.74. The fourth-order valence-electron chi connectivity index (χ4n) is 1.77. The van der Waals surface area contributed by atoms with E-state index >= 15 is 0 Å². The second-order valence-corrected chi connectivity index (χ2v) is 3.77. The molecule has 1 aromatic heterocycles. The first-order valence-corrected chi connectivity index (χ1v) is 5.32. The third kappa shape index (κ3) is 2.25. The maximum atomic E-state index is 4.31. The topological polar surface area (TPSA) is 37.8 Å². The molecule has 0 aliphatic heterocycles. The number of rotatable bonds is 3. The molecular weight excluding hydrogens is 198 g/mol. The van der Waals surface area contributed by atoms with Gasteiger partial charge in [0, 0.05) is 24.5 Å². The highest BCUT2D eigenvalue weighted by Crippen LogP contribution is 2.21. The molecule has 0 aliphatic rings. The Kier molecular flexibility index (Phi) is 3.27. The molecule has 0 unspecified atom stereocenters. The Morgan fingerprint density at radius 2 is 2.12 bits per heavy atom. The Balaban J connectivity index is 2.37. The lowest BCUT2D eigenvalue weighted by molar-refractivity contribution is 0.817. The van der Waals surface area contributed by atoms with Crippen molar-refractivity contribution in [2.75, 3.05) is 7.05 Å². The van der Waals surface area contributed by atoms with Crippen LogP contribution in [0.4, 0.5) is 0 Å². The number of aromatic nitrogens is 2. The van der Waals surface area contributed by atoms with Crippen LogP contribution in [0.2, 0.25) is 0 Å². The van der Waals surface area contributed by atoms with E-state index in [-0.39, 0.29) is 0 Å². The van der Waals surface area contributed by atoms with Crippen LogP contribution in [0, 0.1) is 6.92 Å². The fraction of sp³-hybridized carbons (Fsp3) is 0.231. The van der Waals surface area contributed by atoms with Gasteiger partial charge in [0.05, 0.1) is 11.9 Å². The van der Waals surface area contributed by atoms with Crippen molar-refractivity contribution in [3.8, 4) is 11.3 Å². The molecule has 0 saturated heterocycles. The minimum absolute atomic E-state index is 0.890. The first-order valence-electron chi connectivity index (χ1n) is 5.32. The number of benzene rings is 1. The van der Waals surface area contributed by atoms with Crippen molar-refractivity contribution in [3.05, 3.63) is 47.9 Å². The van der Waals surface area contributed by atoms with E-state index in [1.54, 1.807) is 18.6 Å². The van der Waals surface area contributed by atoms with Crippen LogP contribution in [0.5, 0.6) is 0 Å². The van der Waals surface area contributed by atoms with Gasteiger partial charge in [-0.3, -0.25) is 9.97 Å². The summed E-state index contributed by atoms with van der Waals surface area (Å²) in [5, 5.41) is 3.14. The van der Waals surface area contributed by atoms with Crippen LogP contribution in [-0.4, -0.2) is 17.0 Å². The lowest BCUT2D eigenvalue weighted by Gasteiger charge is -2.07. The first-order chi connectivity index (χ1) is 7.81. The van der Waals surface area contributed by atoms with Crippen molar-refractivity contribution in [3.63, 3.8) is 0 Å². The second-order valence-electron chi connectivity index (χ2n) is 3.77. The minimum atomic E-state index is 0.890. The Morgan fingerprint density at radius 3 is 2.75 bits per heavy atom. The molecule has 0 saturated carbocycles. The van der Waals surface area contributed by atoms with Crippen molar-refractivity contribution >= 4 is 0 Å². The van der Waals surface area contributed by atoms with Gasteiger partial charge in [-0.05, 0) is 25.1 Å². The molecule has 0 spiro atoms. The van der Waals surface area contributed by atoms with Crippen LogP contribution in [0.15, 0.2) is 36.8 Å². The predicted octanol–water partition coefficient (Wildman–Crippen LogP) is 2.17. The van der Waals surface area contributed by atoms with Gasteiger partial charge < -0.3 is 5.32 Å². The summed E-state index contributed by atoms with van der Waals surface area (Å²) in [5.41, 5.74) is 4.59. The van der Waals surface area contributed by atoms with E-state index < -0.39 is 0 Å². The number of aryl methyl sites for hydroxylation is 1. The van der Waals surface area contributed by atoms with E-state index in [1.807, 2.05) is 7.05 Å². The molecule has 16 heavy (non-hydrogen) atoms. The van der Waals surface area contributed by atoms with Gasteiger partial charge in [-0.1, -0.05) is 18.2 Å². The number of nitrogens with one attached hydrogen (secondary N) is 1. The third-order valence-electron chi connectivity index (χ3n) is 2.51. The van der Waals surface area contributed by atoms with Crippen LogP contribution >= 0.6 is 0 Å². The van der Waals surface area contributed by atoms with Gasteiger partial charge in [0.25, 0.3) is 0 Å². The number of hydrogen-bond donors (Lipinski definition) is 1. The predicted molar refractivity (Wildman–Crippen MR) is 65.0 cm³/mol. The van der Waals surface area contributed by atoms with E-state index in [0.717, 1.165) is 17.8 Å². The van der Waals surface area contributed by atoms with Crippen LogP contribution < -0.4 is 5.32 Å². The van der Waals surface area contributed by atoms with Crippen LogP contribution in [0.1, 0.15) is 11.1 Å². The normalized spacial score (nSPS) is 10.4. The zero-order valence-electron chi connectivity index (χ0n) is 9.57. The monoisotopic (exact) mass is 213 g/mol. The summed E-state index contributed by atoms with van der Waals surface area (Å²) >= 11 is 0. The van der Waals surface area contributed by atoms with E-state index in [1.165, 1.54) is 11.1 Å². The van der Waals surface area contributed by atoms with Crippen LogP contribution in [-0.2, 0) is 6.54 Å². The second kappa shape index (κ2) is 4.86. The zero-order chi connectivity index (χ0) is 11.4. The Labute approximate surface area is 95.6 Å². The standard InChI is InChI=1S/C13H15N3/c1-10-7-11(8-14-2)3-4-12(10)13-9-15-5-6-16-13/h3-7,9,14H,8H2,1-2H3. The van der Waals surface area contributed by atoms with E-state index in [4.69, 9.17) is 0 Å². The molecule has 1 aromatic carbocycles. The van der Waals surface area contributed by atoms with E-state index in [2.05, 4.69) is 40.4 Å². The molecular formula is C13H15N3. The summed E-state index contributed by atoms with van der Waals surface area (Å²) in [5.74, 6) is 0. The summed E-state index contributed by atoms with van der Waals surface area (Å²) < 4.78 is 0. The Morgan fingerprint density at radius 1 is 1.25 bits per heavy atom. The third-order valence-corrected chi connectivity index (χ3v) is 2.51. The summed E-state index contributed by atoms with van der Waals surface area (Å²) in [6.45, 7) is 2.99. The molecule has 0 bridgehead atoms. The molecule has 1 N–H and O–H groups in total. The van der Waals surface area contributed by atoms with Gasteiger partial charge in [-0.15, -0.1) is 0 Å². The quantitative estimate of drug-likeness (QED) is 0.849. The Bertz CT molecular complexity index is 466. The van der Waals surface area contributed by atoms with Gasteiger partial charge in [-0.2, -0.15) is 0 Å². The van der Waals surface area contributed by atoms with Gasteiger partial charge in [0.2, 0.25) is 0 Å². The van der Waals surface area contributed by atoms with Gasteiger partial charge in [0.1, 0.15) is 0 Å². The van der Waals surface area contributed by atoms with Crippen molar-refractivity contribution in [2.45, 2.75) is 13.5 Å². The maximum Gasteiger partial charge on any atom is 0.0887 e. The largest absolute Gasteiger partial charge is 0.316 e. The molecule has 3 heteroatoms. The average molecular weight is 213 g/mol. The highest BCUT2D eigenvalue weighted by molar-refractivity contribution is 5.62. The minimum Gasteiger partial charge on any atom is -0.316 e. The number of hydrogen-bond acceptors (Lipinski definition) is 3. The van der Waals surface area contributed by atoms with Crippen molar-refractivity contribution in [1.29, 1.82) is 0 Å². The van der Waals surface area contributed by atoms with Crippen molar-refractivity contribution in [1.82, 2.24) is 15.3 Å². The number of nitrogens with zero attached hydrogens (tertiary/aromatic N) is 2. The lowest BCUT2D eigenvalue weighted by Crippen LogP contribution is -2.05. The molecule has 82 valence electrons. The molecule has 2 rings (SSSR count). The highest BCUT2D eigenvalue weighted by atomic mass is 14.8. The van der Waals surface area contributed by atoms with Gasteiger partial charge in [0.15, 0.2) is 0 Å². The van der Waals surface area contributed by atoms with Crippen molar-refractivity contribution in [2.24, 2.45) is 0 Å². The lowest BCUT2D eigenvalue weighted by atomic mass is 10.0. The first kappa shape index (κ1) is 10.8. The summed E-state index contributed by atoms with van der Waals surface area (Å²) in [4.78, 5) is 8.39. The van der Waals surface area contributed by atoms with Crippen LogP contribution in [0.3, 0.4) is 0 Å². The van der Waals surface area contributed by atoms with Crippen LogP contribution in [0.25, 0.3) is 11.3 Å². The summed E-state index contributed by atoms with van der Waals surface area (Å²) in [7, 11) is 1.95. The molecule has 0 aliphatic carbocycles. The molecule has 0 atom stereocenters. The van der Waals surface area contributed by atoms with E-state index in [9.17, 15) is 0 Å². The van der Waals surface area contributed by atoms with Gasteiger partial charge >= 0.3 is 0 Å². The molecule has 0 radical (unpaired) electrons. The SMILES string of the molecule is CNCc1ccc(-c2cnccn2)c(C)c1. The van der Waals surface area contributed by atoms with Gasteiger partial charge in [-0.25, -0.2) is 0 Å². The molecule has 1 heterocycles. The average Bonchev–Trinajstić information content (AvgIpc) is 2.31. The highest BCUT2D eigenvalue weighted by Gasteiger charge is 2.03. The zero-order valence-corrected chi connectivity index (χ0v) is 9.57. The van der Waals surface area contributed by atoms with Crippen molar-refractivity contribution < 1.29 is 0 Å². The smallest absolute Gasteiger partial charge is 0.0887 e. The summed E-state index contributed by atoms with van der Waals surface area (Å²) in [6.07, 6.45) is 5.20. The van der Waals surface area contributed by atoms with E-state index in [0.29, 0.717) is 0 Å². The molecule has 0 amide bonds. The molecule has 0 fully saturated rings.